The molecule has 0 aromatic rings. The maximum Gasteiger partial charge on any atom is 0.151 e. The third-order valence-corrected chi connectivity index (χ3v) is 2.47. The minimum Gasteiger partial charge on any atom is -0.365 e. The first-order chi connectivity index (χ1) is 6.64. The molecular weight excluding hydrogens is 176 g/mol. The number of allylic oxidation sites excluding steroid dienone is 2. The molecule has 80 valence electrons. The van der Waals surface area contributed by atoms with Crippen LogP contribution in [0.25, 0.3) is 0 Å². The lowest BCUT2D eigenvalue weighted by Crippen LogP contribution is -2.32. The molecule has 1 aliphatic carbocycles. The summed E-state index contributed by atoms with van der Waals surface area (Å²) in [4.78, 5) is 10.7. The van der Waals surface area contributed by atoms with Crippen molar-refractivity contribution < 1.29 is 9.53 Å². The Balaban J connectivity index is 2.42. The van der Waals surface area contributed by atoms with Crippen molar-refractivity contribution in [2.75, 3.05) is 0 Å². The van der Waals surface area contributed by atoms with E-state index in [9.17, 15) is 4.79 Å². The van der Waals surface area contributed by atoms with E-state index in [1.807, 2.05) is 13.8 Å². The van der Waals surface area contributed by atoms with Crippen LogP contribution in [-0.4, -0.2) is 18.0 Å². The summed E-state index contributed by atoms with van der Waals surface area (Å²) in [6.45, 7) is 3.66. The van der Waals surface area contributed by atoms with Crippen LogP contribution in [0.3, 0.4) is 0 Å². The van der Waals surface area contributed by atoms with Gasteiger partial charge in [-0.2, -0.15) is 0 Å². The van der Waals surface area contributed by atoms with Crippen molar-refractivity contribution in [3.05, 3.63) is 12.2 Å². The molecule has 0 spiro atoms. The van der Waals surface area contributed by atoms with Gasteiger partial charge in [-0.05, 0) is 46.0 Å². The smallest absolute Gasteiger partial charge is 0.151 e. The molecule has 0 aliphatic heterocycles. The predicted octanol–water partition coefficient (Wildman–Crippen LogP) is 2.87. The quantitative estimate of drug-likeness (QED) is 0.512. The van der Waals surface area contributed by atoms with Crippen LogP contribution in [0.5, 0.6) is 0 Å². The Morgan fingerprint density at radius 3 is 2.71 bits per heavy atom. The first-order valence-electron chi connectivity index (χ1n) is 5.43. The Hall–Kier alpha value is -0.630. The van der Waals surface area contributed by atoms with Gasteiger partial charge < -0.3 is 9.53 Å². The van der Waals surface area contributed by atoms with E-state index in [0.717, 1.165) is 38.4 Å². The molecule has 1 atom stereocenters. The standard InChI is InChI=1S/C12H20O2/c1-12(2,10-13)14-11-8-6-4-3-5-7-9-11/h3-4,10-11H,5-9H2,1-2H3/b4-3+. The fourth-order valence-electron chi connectivity index (χ4n) is 1.70. The highest BCUT2D eigenvalue weighted by atomic mass is 16.5. The third-order valence-electron chi connectivity index (χ3n) is 2.47. The van der Waals surface area contributed by atoms with E-state index in [4.69, 9.17) is 4.74 Å². The monoisotopic (exact) mass is 196 g/mol. The van der Waals surface area contributed by atoms with Crippen molar-refractivity contribution in [2.45, 2.75) is 57.7 Å². The molecule has 14 heavy (non-hydrogen) atoms. The Kier molecular flexibility index (Phi) is 4.33. The van der Waals surface area contributed by atoms with Gasteiger partial charge in [-0.15, -0.1) is 0 Å². The maximum atomic E-state index is 10.7. The van der Waals surface area contributed by atoms with E-state index in [1.165, 1.54) is 0 Å². The second kappa shape index (κ2) is 5.30. The second-order valence-corrected chi connectivity index (χ2v) is 4.44. The Labute approximate surface area is 86.3 Å². The van der Waals surface area contributed by atoms with E-state index in [0.29, 0.717) is 0 Å². The number of ether oxygens (including phenoxy) is 1. The summed E-state index contributed by atoms with van der Waals surface area (Å²) in [6, 6.07) is 0. The van der Waals surface area contributed by atoms with Gasteiger partial charge in [0, 0.05) is 0 Å². The SMILES string of the molecule is CC(C)(C=O)OC1CC/C=C/CCC1. The van der Waals surface area contributed by atoms with E-state index >= 15 is 0 Å². The summed E-state index contributed by atoms with van der Waals surface area (Å²) in [5, 5.41) is 0. The van der Waals surface area contributed by atoms with Crippen molar-refractivity contribution in [1.29, 1.82) is 0 Å². The third kappa shape index (κ3) is 4.05. The van der Waals surface area contributed by atoms with Gasteiger partial charge in [-0.25, -0.2) is 0 Å². The van der Waals surface area contributed by atoms with Gasteiger partial charge in [0.2, 0.25) is 0 Å². The number of carbonyl (C=O) groups excluding carboxylic acids is 1. The van der Waals surface area contributed by atoms with Crippen molar-refractivity contribution >= 4 is 6.29 Å². The van der Waals surface area contributed by atoms with Crippen LogP contribution < -0.4 is 0 Å². The molecule has 0 saturated heterocycles. The molecule has 1 unspecified atom stereocenters. The van der Waals surface area contributed by atoms with E-state index in [1.54, 1.807) is 0 Å². The highest BCUT2D eigenvalue weighted by Gasteiger charge is 2.22. The van der Waals surface area contributed by atoms with Crippen LogP contribution in [0.15, 0.2) is 12.2 Å². The number of aldehydes is 1. The number of hydrogen-bond donors (Lipinski definition) is 0. The zero-order chi connectivity index (χ0) is 10.4. The highest BCUT2D eigenvalue weighted by molar-refractivity contribution is 5.60. The summed E-state index contributed by atoms with van der Waals surface area (Å²) >= 11 is 0. The van der Waals surface area contributed by atoms with Crippen molar-refractivity contribution in [2.24, 2.45) is 0 Å². The Bertz CT molecular complexity index is 206. The van der Waals surface area contributed by atoms with Gasteiger partial charge in [0.25, 0.3) is 0 Å². The normalized spacial score (nSPS) is 26.3. The van der Waals surface area contributed by atoms with Crippen molar-refractivity contribution in [3.8, 4) is 0 Å². The van der Waals surface area contributed by atoms with Gasteiger partial charge in [0.05, 0.1) is 6.10 Å². The molecule has 0 amide bonds. The van der Waals surface area contributed by atoms with Gasteiger partial charge >= 0.3 is 0 Å². The van der Waals surface area contributed by atoms with Crippen molar-refractivity contribution in [1.82, 2.24) is 0 Å². The Morgan fingerprint density at radius 1 is 1.29 bits per heavy atom. The fraction of sp³-hybridized carbons (Fsp3) is 0.750. The lowest BCUT2D eigenvalue weighted by molar-refractivity contribution is -0.135. The largest absolute Gasteiger partial charge is 0.365 e. The maximum absolute atomic E-state index is 10.7. The van der Waals surface area contributed by atoms with Crippen molar-refractivity contribution in [3.63, 3.8) is 0 Å². The predicted molar refractivity (Wildman–Crippen MR) is 57.2 cm³/mol. The summed E-state index contributed by atoms with van der Waals surface area (Å²) in [7, 11) is 0. The molecule has 0 radical (unpaired) electrons. The van der Waals surface area contributed by atoms with E-state index in [2.05, 4.69) is 12.2 Å². The molecule has 0 aromatic carbocycles. The molecular formula is C12H20O2. The zero-order valence-corrected chi connectivity index (χ0v) is 9.16. The molecule has 0 fully saturated rings. The molecule has 1 aliphatic rings. The minimum atomic E-state index is -0.617. The van der Waals surface area contributed by atoms with Crippen LogP contribution in [0.2, 0.25) is 0 Å². The van der Waals surface area contributed by atoms with Gasteiger partial charge in [0.1, 0.15) is 5.60 Å². The molecule has 0 heterocycles. The number of rotatable bonds is 3. The van der Waals surface area contributed by atoms with Gasteiger partial charge in [-0.1, -0.05) is 12.2 Å². The summed E-state index contributed by atoms with van der Waals surface area (Å²) in [6.07, 6.45) is 11.1. The molecule has 0 saturated carbocycles. The van der Waals surface area contributed by atoms with Crippen LogP contribution in [0.4, 0.5) is 0 Å². The van der Waals surface area contributed by atoms with E-state index < -0.39 is 5.60 Å². The van der Waals surface area contributed by atoms with Gasteiger partial charge in [-0.3, -0.25) is 0 Å². The fourth-order valence-corrected chi connectivity index (χ4v) is 1.70. The first-order valence-corrected chi connectivity index (χ1v) is 5.43. The molecule has 2 nitrogen and oxygen atoms in total. The van der Waals surface area contributed by atoms with Crippen LogP contribution in [0, 0.1) is 0 Å². The van der Waals surface area contributed by atoms with Crippen LogP contribution in [-0.2, 0) is 9.53 Å². The lowest BCUT2D eigenvalue weighted by atomic mass is 10.0. The lowest BCUT2D eigenvalue weighted by Gasteiger charge is -2.26. The topological polar surface area (TPSA) is 26.3 Å². The summed E-state index contributed by atoms with van der Waals surface area (Å²) < 4.78 is 5.76. The van der Waals surface area contributed by atoms with Crippen LogP contribution >= 0.6 is 0 Å². The average molecular weight is 196 g/mol. The second-order valence-electron chi connectivity index (χ2n) is 4.44. The molecule has 1 rings (SSSR count). The Morgan fingerprint density at radius 2 is 2.00 bits per heavy atom. The van der Waals surface area contributed by atoms with Crippen LogP contribution in [0.1, 0.15) is 46.0 Å². The molecule has 0 bridgehead atoms. The molecule has 0 aromatic heterocycles. The number of carbonyl (C=O) groups is 1. The first kappa shape index (κ1) is 11.4. The zero-order valence-electron chi connectivity index (χ0n) is 9.16. The summed E-state index contributed by atoms with van der Waals surface area (Å²) in [5.74, 6) is 0. The van der Waals surface area contributed by atoms with Gasteiger partial charge in [0.15, 0.2) is 6.29 Å². The molecule has 2 heteroatoms. The summed E-state index contributed by atoms with van der Waals surface area (Å²) in [5.41, 5.74) is -0.617. The highest BCUT2D eigenvalue weighted by Crippen LogP contribution is 2.20. The average Bonchev–Trinajstić information content (AvgIpc) is 2.10. The number of hydrogen-bond acceptors (Lipinski definition) is 2. The van der Waals surface area contributed by atoms with E-state index in [-0.39, 0.29) is 6.10 Å². The molecule has 0 N–H and O–H groups in total. The minimum absolute atomic E-state index is 0.250.